The number of sulfone groups is 1. The summed E-state index contributed by atoms with van der Waals surface area (Å²) in [6.45, 7) is -0.122. The first-order valence-corrected chi connectivity index (χ1v) is 9.37. The smallest absolute Gasteiger partial charge is 0.337 e. The average molecular weight is 336 g/mol. The van der Waals surface area contributed by atoms with Crippen molar-refractivity contribution in [3.8, 4) is 0 Å². The Balaban J connectivity index is 2.93. The van der Waals surface area contributed by atoms with E-state index in [9.17, 15) is 21.6 Å². The maximum absolute atomic E-state index is 12.1. The highest BCUT2D eigenvalue weighted by molar-refractivity contribution is 7.90. The molecule has 0 aliphatic rings. The number of rotatable bonds is 7. The largest absolute Gasteiger partial charge is 0.478 e. The number of anilines is 1. The van der Waals surface area contributed by atoms with E-state index < -0.39 is 36.3 Å². The third kappa shape index (κ3) is 5.33. The lowest BCUT2D eigenvalue weighted by Gasteiger charge is -2.10. The molecule has 0 unspecified atom stereocenters. The van der Waals surface area contributed by atoms with Crippen LogP contribution in [0.15, 0.2) is 23.1 Å². The monoisotopic (exact) mass is 336 g/mol. The van der Waals surface area contributed by atoms with Gasteiger partial charge in [-0.1, -0.05) is 0 Å². The van der Waals surface area contributed by atoms with Gasteiger partial charge in [0.25, 0.3) is 0 Å². The third-order valence-corrected chi connectivity index (χ3v) is 5.04. The molecule has 1 rings (SSSR count). The molecule has 0 amide bonds. The zero-order valence-corrected chi connectivity index (χ0v) is 12.9. The number of nitrogen functional groups attached to an aromatic ring is 1. The molecule has 0 bridgehead atoms. The summed E-state index contributed by atoms with van der Waals surface area (Å²) in [5.74, 6) is -1.57. The maximum Gasteiger partial charge on any atom is 0.337 e. The van der Waals surface area contributed by atoms with Crippen LogP contribution in [-0.4, -0.2) is 46.5 Å². The second kappa shape index (κ2) is 6.41. The molecule has 0 aromatic heterocycles. The van der Waals surface area contributed by atoms with Crippen LogP contribution >= 0.6 is 0 Å². The average Bonchev–Trinajstić information content (AvgIpc) is 2.33. The number of hydrogen-bond donors (Lipinski definition) is 3. The summed E-state index contributed by atoms with van der Waals surface area (Å²) in [6.07, 6.45) is 1.13. The molecule has 1 aromatic rings. The van der Waals surface area contributed by atoms with Crippen LogP contribution in [0, 0.1) is 0 Å². The molecule has 1 aromatic carbocycles. The first kappa shape index (κ1) is 17.4. The van der Waals surface area contributed by atoms with Gasteiger partial charge in [-0.3, -0.25) is 0 Å². The molecule has 4 N–H and O–H groups in total. The van der Waals surface area contributed by atoms with Gasteiger partial charge in [0.15, 0.2) is 0 Å². The van der Waals surface area contributed by atoms with Gasteiger partial charge in [0.05, 0.1) is 16.2 Å². The zero-order chi connectivity index (χ0) is 16.3. The Morgan fingerprint density at radius 3 is 2.43 bits per heavy atom. The summed E-state index contributed by atoms with van der Waals surface area (Å²) in [6, 6.07) is 3.43. The van der Waals surface area contributed by atoms with Crippen LogP contribution in [0.2, 0.25) is 0 Å². The SMILES string of the molecule is CS(=O)(=O)CCCNS(=O)(=O)c1cc(N)ccc1C(=O)O. The number of hydrogen-bond acceptors (Lipinski definition) is 6. The van der Waals surface area contributed by atoms with Gasteiger partial charge < -0.3 is 10.8 Å². The van der Waals surface area contributed by atoms with Crippen LogP contribution in [0.3, 0.4) is 0 Å². The third-order valence-electron chi connectivity index (χ3n) is 2.51. The molecule has 0 spiro atoms. The van der Waals surface area contributed by atoms with Crippen molar-refractivity contribution in [3.63, 3.8) is 0 Å². The van der Waals surface area contributed by atoms with Crippen LogP contribution in [-0.2, 0) is 19.9 Å². The molecule has 118 valence electrons. The van der Waals surface area contributed by atoms with E-state index >= 15 is 0 Å². The summed E-state index contributed by atoms with van der Waals surface area (Å²) in [4.78, 5) is 10.6. The van der Waals surface area contributed by atoms with E-state index in [4.69, 9.17) is 10.8 Å². The van der Waals surface area contributed by atoms with Crippen molar-refractivity contribution < 1.29 is 26.7 Å². The zero-order valence-electron chi connectivity index (χ0n) is 11.2. The van der Waals surface area contributed by atoms with Gasteiger partial charge in [-0.2, -0.15) is 0 Å². The van der Waals surface area contributed by atoms with Gasteiger partial charge in [-0.05, 0) is 24.6 Å². The highest BCUT2D eigenvalue weighted by Gasteiger charge is 2.22. The van der Waals surface area contributed by atoms with Gasteiger partial charge >= 0.3 is 5.97 Å². The van der Waals surface area contributed by atoms with E-state index in [-0.39, 0.29) is 24.4 Å². The lowest BCUT2D eigenvalue weighted by molar-refractivity contribution is 0.0692. The van der Waals surface area contributed by atoms with E-state index in [0.717, 1.165) is 18.4 Å². The molecule has 0 saturated carbocycles. The van der Waals surface area contributed by atoms with Gasteiger partial charge in [-0.15, -0.1) is 0 Å². The van der Waals surface area contributed by atoms with Crippen molar-refractivity contribution >= 4 is 31.5 Å². The molecule has 0 saturated heterocycles. The minimum Gasteiger partial charge on any atom is -0.478 e. The van der Waals surface area contributed by atoms with E-state index in [1.54, 1.807) is 0 Å². The fourth-order valence-corrected chi connectivity index (χ4v) is 3.53. The highest BCUT2D eigenvalue weighted by atomic mass is 32.2. The first-order chi connectivity index (χ1) is 9.53. The van der Waals surface area contributed by atoms with Crippen molar-refractivity contribution in [2.24, 2.45) is 0 Å². The number of carbonyl (C=O) groups is 1. The maximum atomic E-state index is 12.1. The van der Waals surface area contributed by atoms with Crippen molar-refractivity contribution in [3.05, 3.63) is 23.8 Å². The normalized spacial score (nSPS) is 12.2. The van der Waals surface area contributed by atoms with Gasteiger partial charge in [0.2, 0.25) is 10.0 Å². The Kier molecular flexibility index (Phi) is 5.31. The van der Waals surface area contributed by atoms with Crippen molar-refractivity contribution in [2.75, 3.05) is 24.3 Å². The number of aromatic carboxylic acids is 1. The Labute approximate surface area is 122 Å². The number of carboxylic acid groups (broad SMARTS) is 1. The second-order valence-corrected chi connectivity index (χ2v) is 8.44. The highest BCUT2D eigenvalue weighted by Crippen LogP contribution is 2.19. The number of carboxylic acids is 1. The predicted molar refractivity (Wildman–Crippen MR) is 77.3 cm³/mol. The Bertz CT molecular complexity index is 740. The lowest BCUT2D eigenvalue weighted by Crippen LogP contribution is -2.27. The van der Waals surface area contributed by atoms with Crippen LogP contribution in [0.25, 0.3) is 0 Å². The molecule has 0 aliphatic carbocycles. The molecule has 10 heteroatoms. The van der Waals surface area contributed by atoms with E-state index in [1.165, 1.54) is 6.07 Å². The predicted octanol–water partition coefficient (Wildman–Crippen LogP) is -0.320. The lowest BCUT2D eigenvalue weighted by atomic mass is 10.2. The van der Waals surface area contributed by atoms with Crippen molar-refractivity contribution in [1.29, 1.82) is 0 Å². The summed E-state index contributed by atoms with van der Waals surface area (Å²) >= 11 is 0. The van der Waals surface area contributed by atoms with E-state index in [0.29, 0.717) is 0 Å². The molecule has 0 heterocycles. The Morgan fingerprint density at radius 2 is 1.90 bits per heavy atom. The summed E-state index contributed by atoms with van der Waals surface area (Å²) in [5.41, 5.74) is 5.18. The van der Waals surface area contributed by atoms with Crippen LogP contribution in [0.4, 0.5) is 5.69 Å². The second-order valence-electron chi connectivity index (χ2n) is 4.44. The van der Waals surface area contributed by atoms with E-state index in [2.05, 4.69) is 4.72 Å². The van der Waals surface area contributed by atoms with E-state index in [1.807, 2.05) is 0 Å². The standard InChI is InChI=1S/C11H16N2O6S2/c1-20(16,17)6-2-5-13-21(18,19)10-7-8(12)3-4-9(10)11(14)15/h3-4,7,13H,2,5-6,12H2,1H3,(H,14,15). The molecular weight excluding hydrogens is 320 g/mol. The van der Waals surface area contributed by atoms with Crippen LogP contribution in [0.5, 0.6) is 0 Å². The Morgan fingerprint density at radius 1 is 1.29 bits per heavy atom. The Hall–Kier alpha value is -1.65. The number of benzene rings is 1. The molecule has 0 radical (unpaired) electrons. The molecule has 0 fully saturated rings. The molecular formula is C11H16N2O6S2. The first-order valence-electron chi connectivity index (χ1n) is 5.83. The van der Waals surface area contributed by atoms with Crippen molar-refractivity contribution in [1.82, 2.24) is 4.72 Å². The summed E-state index contributed by atoms with van der Waals surface area (Å²) < 4.78 is 48.2. The fraction of sp³-hybridized carbons (Fsp3) is 0.364. The summed E-state index contributed by atoms with van der Waals surface area (Å²) in [5, 5.41) is 8.99. The molecule has 0 atom stereocenters. The van der Waals surface area contributed by atoms with Gasteiger partial charge in [-0.25, -0.2) is 26.4 Å². The number of nitrogens with one attached hydrogen (secondary N) is 1. The van der Waals surface area contributed by atoms with Crippen molar-refractivity contribution in [2.45, 2.75) is 11.3 Å². The number of nitrogens with two attached hydrogens (primary N) is 1. The molecule has 0 aliphatic heterocycles. The fourth-order valence-electron chi connectivity index (χ4n) is 1.56. The molecule has 8 nitrogen and oxygen atoms in total. The quantitative estimate of drug-likeness (QED) is 0.457. The van der Waals surface area contributed by atoms with Crippen LogP contribution < -0.4 is 10.5 Å². The number of sulfonamides is 1. The minimum atomic E-state index is -4.08. The van der Waals surface area contributed by atoms with Crippen LogP contribution in [0.1, 0.15) is 16.8 Å². The topological polar surface area (TPSA) is 144 Å². The van der Waals surface area contributed by atoms with Gasteiger partial charge in [0.1, 0.15) is 9.84 Å². The minimum absolute atomic E-state index is 0.0861. The molecule has 21 heavy (non-hydrogen) atoms. The summed E-state index contributed by atoms with van der Waals surface area (Å²) in [7, 11) is -7.27. The van der Waals surface area contributed by atoms with Gasteiger partial charge in [0, 0.05) is 18.5 Å².